The van der Waals surface area contributed by atoms with Gasteiger partial charge in [0.1, 0.15) is 13.2 Å². The van der Waals surface area contributed by atoms with Gasteiger partial charge in [-0.2, -0.15) is 0 Å². The Hall–Kier alpha value is -3.27. The van der Waals surface area contributed by atoms with Gasteiger partial charge in [-0.15, -0.1) is 0 Å². The number of unbranched alkanes of at least 4 members (excludes halogenated alkanes) is 60. The van der Waals surface area contributed by atoms with E-state index in [9.17, 15) is 19.5 Å². The lowest BCUT2D eigenvalue weighted by molar-refractivity contribution is -0.870. The van der Waals surface area contributed by atoms with Crippen LogP contribution in [0, 0.1) is 0 Å². The highest BCUT2D eigenvalue weighted by Gasteiger charge is 2.22. The smallest absolute Gasteiger partial charge is 0.306 e. The number of esters is 2. The summed E-state index contributed by atoms with van der Waals surface area (Å²) in [5.41, 5.74) is 0. The summed E-state index contributed by atoms with van der Waals surface area (Å²) in [6.45, 7) is 4.71. The van der Waals surface area contributed by atoms with Crippen molar-refractivity contribution in [1.82, 2.24) is 0 Å². The average Bonchev–Trinajstić information content (AvgIpc) is 1.97. The molecule has 2 unspecified atom stereocenters. The van der Waals surface area contributed by atoms with E-state index in [0.717, 1.165) is 70.6 Å². The number of hydrogen-bond donors (Lipinski definition) is 0. The second kappa shape index (κ2) is 86.3. The minimum absolute atomic E-state index is 0.150. The first-order chi connectivity index (χ1) is 51.6. The predicted octanol–water partition coefficient (Wildman–Crippen LogP) is 28.9. The van der Waals surface area contributed by atoms with Gasteiger partial charge in [-0.05, 0) is 83.5 Å². The highest BCUT2D eigenvalue weighted by Crippen LogP contribution is 2.21. The lowest BCUT2D eigenvalue weighted by Crippen LogP contribution is -2.44. The molecule has 0 N–H and O–H groups in total. The second-order valence-corrected chi connectivity index (χ2v) is 32.6. The van der Waals surface area contributed by atoms with Crippen LogP contribution >= 0.6 is 0 Å². The van der Waals surface area contributed by atoms with Crippen LogP contribution in [0.4, 0.5) is 0 Å². The van der Waals surface area contributed by atoms with Crippen LogP contribution in [0.5, 0.6) is 0 Å². The van der Waals surface area contributed by atoms with E-state index in [1.807, 2.05) is 21.1 Å². The molecule has 0 saturated heterocycles. The Balaban J connectivity index is 3.88. The fraction of sp³-hybridized carbons (Fsp3) is 0.844. The molecule has 0 saturated carbocycles. The number of quaternary nitrogens is 1. The van der Waals surface area contributed by atoms with Gasteiger partial charge in [0.05, 0.1) is 40.3 Å². The molecule has 9 heteroatoms. The van der Waals surface area contributed by atoms with E-state index in [1.54, 1.807) is 0 Å². The minimum atomic E-state index is -1.62. The van der Waals surface area contributed by atoms with Gasteiger partial charge in [-0.1, -0.05) is 440 Å². The molecule has 0 aliphatic heterocycles. The number of carboxylic acids is 1. The molecule has 0 aromatic heterocycles. The zero-order chi connectivity index (χ0) is 76.0. The number of rotatable bonds is 87. The second-order valence-electron chi connectivity index (χ2n) is 32.6. The largest absolute Gasteiger partial charge is 0.545 e. The zero-order valence-corrected chi connectivity index (χ0v) is 70.6. The molecule has 0 fully saturated rings. The van der Waals surface area contributed by atoms with Gasteiger partial charge in [0.15, 0.2) is 12.4 Å². The summed E-state index contributed by atoms with van der Waals surface area (Å²) in [4.78, 5) is 37.7. The fourth-order valence-electron chi connectivity index (χ4n) is 14.0. The molecule has 0 heterocycles. The third-order valence-corrected chi connectivity index (χ3v) is 20.9. The molecule has 0 rings (SSSR count). The van der Waals surface area contributed by atoms with Gasteiger partial charge < -0.3 is 33.3 Å². The van der Waals surface area contributed by atoms with Crippen molar-refractivity contribution in [2.75, 3.05) is 47.5 Å². The molecule has 0 amide bonds. The van der Waals surface area contributed by atoms with Crippen molar-refractivity contribution in [1.29, 1.82) is 0 Å². The number of ether oxygens (including phenoxy) is 4. The van der Waals surface area contributed by atoms with Crippen molar-refractivity contribution in [3.63, 3.8) is 0 Å². The van der Waals surface area contributed by atoms with E-state index >= 15 is 0 Å². The summed E-state index contributed by atoms with van der Waals surface area (Å²) >= 11 is 0. The molecule has 2 atom stereocenters. The van der Waals surface area contributed by atoms with E-state index in [1.165, 1.54) is 366 Å². The SMILES string of the molecule is CC/C=C\C/C=C\C/C=C\C/C=C\C/C=C\CCCCCCCCCCCCCCCCCCCCCCCCCC(=O)OC(COC(=O)CCCCCCCCCCCCCCCCCCCCCCCCCCCCCCC/C=C\CCCCCCCCCC)COC(OCC[N+](C)(C)C)C(=O)[O-]. The lowest BCUT2D eigenvalue weighted by atomic mass is 10.0. The molecule has 614 valence electrons. The molecule has 0 spiro atoms. The normalized spacial score (nSPS) is 12.9. The third kappa shape index (κ3) is 87.8. The first-order valence-electron chi connectivity index (χ1n) is 46.1. The third-order valence-electron chi connectivity index (χ3n) is 20.9. The lowest BCUT2D eigenvalue weighted by Gasteiger charge is -2.26. The number of allylic oxidation sites excluding steroid dienone is 12. The molecule has 0 aliphatic rings. The van der Waals surface area contributed by atoms with Gasteiger partial charge in [0.2, 0.25) is 0 Å². The van der Waals surface area contributed by atoms with Crippen molar-refractivity contribution in [2.45, 2.75) is 476 Å². The van der Waals surface area contributed by atoms with Crippen LogP contribution in [-0.2, 0) is 33.3 Å². The molecule has 0 aromatic carbocycles. The van der Waals surface area contributed by atoms with Crippen molar-refractivity contribution in [2.24, 2.45) is 0 Å². The van der Waals surface area contributed by atoms with E-state index in [0.29, 0.717) is 17.4 Å². The molecular weight excluding hydrogens is 1300 g/mol. The van der Waals surface area contributed by atoms with Crippen LogP contribution in [0.2, 0.25) is 0 Å². The van der Waals surface area contributed by atoms with E-state index in [2.05, 4.69) is 86.8 Å². The Bertz CT molecular complexity index is 1970. The maximum atomic E-state index is 13.0. The van der Waals surface area contributed by atoms with Crippen molar-refractivity contribution in [3.8, 4) is 0 Å². The van der Waals surface area contributed by atoms with Crippen LogP contribution in [0.15, 0.2) is 72.9 Å². The molecule has 0 aliphatic carbocycles. The number of hydrogen-bond acceptors (Lipinski definition) is 8. The van der Waals surface area contributed by atoms with E-state index < -0.39 is 24.3 Å². The van der Waals surface area contributed by atoms with Gasteiger partial charge in [-0.25, -0.2) is 0 Å². The number of aliphatic carboxylic acids is 1. The topological polar surface area (TPSA) is 111 Å². The summed E-state index contributed by atoms with van der Waals surface area (Å²) in [5.74, 6) is -2.25. The van der Waals surface area contributed by atoms with Gasteiger partial charge in [0, 0.05) is 12.8 Å². The average molecular weight is 1470 g/mol. The number of carbonyl (C=O) groups is 3. The quantitative estimate of drug-likeness (QED) is 0.0195. The Kier molecular flexibility index (Phi) is 83.6. The fourth-order valence-corrected chi connectivity index (χ4v) is 14.0. The number of carbonyl (C=O) groups excluding carboxylic acids is 3. The molecule has 0 radical (unpaired) electrons. The minimum Gasteiger partial charge on any atom is -0.545 e. The van der Waals surface area contributed by atoms with Crippen LogP contribution in [-0.4, -0.2) is 82.3 Å². The van der Waals surface area contributed by atoms with Crippen molar-refractivity contribution in [3.05, 3.63) is 72.9 Å². The highest BCUT2D eigenvalue weighted by molar-refractivity contribution is 5.70. The monoisotopic (exact) mass is 1470 g/mol. The standard InChI is InChI=1S/C96H177NO8/c1-6-8-10-12-14-16-18-20-22-24-26-28-30-32-34-36-38-40-42-44-46-47-49-50-52-54-56-58-60-62-64-66-68-70-72-74-76-78-80-82-84-86-93(98)103-90-92(91-104-96(95(100)101)102-89-88-97(3,4)5)105-94(99)87-85-83-81-79-77-75-73-71-69-67-65-63-61-59-57-55-53-51-48-45-43-41-39-37-35-33-31-29-27-25-23-21-19-17-15-13-11-9-7-2/h9,11,15,17,21,23-24,26-27,29,33,35,92,96H,6-8,10,12-14,16,18-20,22,25,28,30-32,34,36-91H2,1-5H3/b11-9-,17-15-,23-21-,26-24-,29-27-,35-33-. The molecule has 0 aromatic rings. The molecule has 0 bridgehead atoms. The van der Waals surface area contributed by atoms with Gasteiger partial charge >= 0.3 is 11.9 Å². The summed E-state index contributed by atoms with van der Waals surface area (Å²) < 4.78 is 22.9. The highest BCUT2D eigenvalue weighted by atomic mass is 16.7. The Morgan fingerprint density at radius 2 is 0.543 bits per heavy atom. The number of likely N-dealkylation sites (N-methyl/N-ethyl adjacent to an activating group) is 1. The van der Waals surface area contributed by atoms with Crippen LogP contribution in [0.25, 0.3) is 0 Å². The van der Waals surface area contributed by atoms with E-state index in [-0.39, 0.29) is 32.2 Å². The predicted molar refractivity (Wildman–Crippen MR) is 454 cm³/mol. The number of nitrogens with zero attached hydrogens (tertiary/aromatic N) is 1. The zero-order valence-electron chi connectivity index (χ0n) is 70.6. The summed E-state index contributed by atoms with van der Waals surface area (Å²) in [5, 5.41) is 11.9. The summed E-state index contributed by atoms with van der Waals surface area (Å²) in [6.07, 6.45) is 115. The Morgan fingerprint density at radius 1 is 0.295 bits per heavy atom. The summed E-state index contributed by atoms with van der Waals surface area (Å²) in [6, 6.07) is 0. The maximum Gasteiger partial charge on any atom is 0.306 e. The number of carboxylic acid groups (broad SMARTS) is 1. The van der Waals surface area contributed by atoms with Crippen LogP contribution in [0.1, 0.15) is 463 Å². The maximum absolute atomic E-state index is 13.0. The van der Waals surface area contributed by atoms with Gasteiger partial charge in [0.25, 0.3) is 0 Å². The first kappa shape index (κ1) is 102. The van der Waals surface area contributed by atoms with Crippen molar-refractivity contribution < 1.29 is 42.9 Å². The molecule has 9 nitrogen and oxygen atoms in total. The first-order valence-corrected chi connectivity index (χ1v) is 46.1. The molecule has 105 heavy (non-hydrogen) atoms. The van der Waals surface area contributed by atoms with E-state index in [4.69, 9.17) is 18.9 Å². The van der Waals surface area contributed by atoms with Gasteiger partial charge in [-0.3, -0.25) is 9.59 Å². The Labute approximate surface area is 653 Å². The summed E-state index contributed by atoms with van der Waals surface area (Å²) in [7, 11) is 5.96. The van der Waals surface area contributed by atoms with Crippen molar-refractivity contribution >= 4 is 17.9 Å². The van der Waals surface area contributed by atoms with Crippen LogP contribution < -0.4 is 5.11 Å². The Morgan fingerprint density at radius 3 is 0.819 bits per heavy atom. The molecular formula is C96H177NO8. The van der Waals surface area contributed by atoms with Crippen LogP contribution in [0.3, 0.4) is 0 Å².